The molecule has 0 aliphatic rings. The summed E-state index contributed by atoms with van der Waals surface area (Å²) in [5, 5.41) is 28.5. The predicted octanol–water partition coefficient (Wildman–Crippen LogP) is 1.85. The number of hydrogen-bond donors (Lipinski definition) is 3. The second-order valence-corrected chi connectivity index (χ2v) is 4.15. The molecule has 1 aromatic rings. The fourth-order valence-electron chi connectivity index (χ4n) is 1.62. The van der Waals surface area contributed by atoms with Gasteiger partial charge in [-0.25, -0.2) is 0 Å². The standard InChI is InChI=1S/C13H20O3/c1-2-3-4-12(15)13(16)9-10-5-7-11(14)8-6-10/h5-8,12-16H,2-4,9H2,1H3. The molecule has 1 rings (SSSR count). The molecule has 0 aliphatic carbocycles. The summed E-state index contributed by atoms with van der Waals surface area (Å²) in [6, 6.07) is 6.68. The van der Waals surface area contributed by atoms with Gasteiger partial charge in [0.25, 0.3) is 0 Å². The molecular weight excluding hydrogens is 204 g/mol. The van der Waals surface area contributed by atoms with E-state index in [0.717, 1.165) is 18.4 Å². The van der Waals surface area contributed by atoms with E-state index in [2.05, 4.69) is 6.92 Å². The molecule has 0 aliphatic heterocycles. The Morgan fingerprint density at radius 3 is 2.25 bits per heavy atom. The Morgan fingerprint density at radius 1 is 1.06 bits per heavy atom. The normalized spacial score (nSPS) is 14.7. The number of phenols is 1. The number of hydrogen-bond acceptors (Lipinski definition) is 3. The molecule has 0 amide bonds. The zero-order chi connectivity index (χ0) is 12.0. The van der Waals surface area contributed by atoms with E-state index in [1.165, 1.54) is 0 Å². The van der Waals surface area contributed by atoms with Crippen molar-refractivity contribution in [3.63, 3.8) is 0 Å². The number of aliphatic hydroxyl groups excluding tert-OH is 2. The minimum absolute atomic E-state index is 0.213. The van der Waals surface area contributed by atoms with Crippen LogP contribution in [-0.2, 0) is 6.42 Å². The molecule has 90 valence electrons. The Kier molecular flexibility index (Phi) is 5.29. The molecule has 0 aromatic heterocycles. The fraction of sp³-hybridized carbons (Fsp3) is 0.538. The number of unbranched alkanes of at least 4 members (excludes halogenated alkanes) is 1. The molecule has 3 N–H and O–H groups in total. The van der Waals surface area contributed by atoms with Crippen LogP contribution in [0.4, 0.5) is 0 Å². The summed E-state index contributed by atoms with van der Waals surface area (Å²) in [5.74, 6) is 0.213. The maximum Gasteiger partial charge on any atom is 0.115 e. The Morgan fingerprint density at radius 2 is 1.69 bits per heavy atom. The number of benzene rings is 1. The van der Waals surface area contributed by atoms with Crippen LogP contribution in [0.1, 0.15) is 31.7 Å². The van der Waals surface area contributed by atoms with E-state index in [-0.39, 0.29) is 5.75 Å². The summed E-state index contributed by atoms with van der Waals surface area (Å²) < 4.78 is 0. The Labute approximate surface area is 96.4 Å². The van der Waals surface area contributed by atoms with Crippen LogP contribution in [0.5, 0.6) is 5.75 Å². The van der Waals surface area contributed by atoms with Crippen molar-refractivity contribution in [1.29, 1.82) is 0 Å². The maximum atomic E-state index is 9.75. The average molecular weight is 224 g/mol. The maximum absolute atomic E-state index is 9.75. The SMILES string of the molecule is CCCCC(O)C(O)Cc1ccc(O)cc1. The number of phenolic OH excluding ortho intramolecular Hbond substituents is 1. The van der Waals surface area contributed by atoms with Gasteiger partial charge in [-0.2, -0.15) is 0 Å². The third kappa shape index (κ3) is 4.21. The van der Waals surface area contributed by atoms with Crippen LogP contribution in [0.15, 0.2) is 24.3 Å². The molecule has 0 saturated carbocycles. The number of aliphatic hydroxyl groups is 2. The highest BCUT2D eigenvalue weighted by atomic mass is 16.3. The molecule has 2 unspecified atom stereocenters. The molecule has 0 heterocycles. The van der Waals surface area contributed by atoms with Crippen molar-refractivity contribution in [1.82, 2.24) is 0 Å². The first-order valence-electron chi connectivity index (χ1n) is 5.77. The highest BCUT2D eigenvalue weighted by molar-refractivity contribution is 5.26. The van der Waals surface area contributed by atoms with Gasteiger partial charge in [-0.05, 0) is 24.1 Å². The smallest absolute Gasteiger partial charge is 0.115 e. The zero-order valence-corrected chi connectivity index (χ0v) is 9.63. The molecule has 0 radical (unpaired) electrons. The highest BCUT2D eigenvalue weighted by Crippen LogP contribution is 2.14. The molecule has 0 spiro atoms. The lowest BCUT2D eigenvalue weighted by Crippen LogP contribution is -2.27. The quantitative estimate of drug-likeness (QED) is 0.691. The Hall–Kier alpha value is -1.06. The van der Waals surface area contributed by atoms with Crippen molar-refractivity contribution in [2.75, 3.05) is 0 Å². The molecule has 1 aromatic carbocycles. The van der Waals surface area contributed by atoms with Crippen molar-refractivity contribution in [2.45, 2.75) is 44.8 Å². The van der Waals surface area contributed by atoms with Crippen LogP contribution in [0.25, 0.3) is 0 Å². The Bertz CT molecular complexity index is 295. The van der Waals surface area contributed by atoms with Crippen LogP contribution in [0.3, 0.4) is 0 Å². The molecule has 0 bridgehead atoms. The summed E-state index contributed by atoms with van der Waals surface area (Å²) in [7, 11) is 0. The van der Waals surface area contributed by atoms with Crippen molar-refractivity contribution in [3.05, 3.63) is 29.8 Å². The molecule has 16 heavy (non-hydrogen) atoms. The van der Waals surface area contributed by atoms with E-state index in [4.69, 9.17) is 5.11 Å². The van der Waals surface area contributed by atoms with Gasteiger partial charge < -0.3 is 15.3 Å². The first-order valence-corrected chi connectivity index (χ1v) is 5.77. The van der Waals surface area contributed by atoms with Crippen LogP contribution in [-0.4, -0.2) is 27.5 Å². The van der Waals surface area contributed by atoms with E-state index < -0.39 is 12.2 Å². The van der Waals surface area contributed by atoms with Gasteiger partial charge in [-0.1, -0.05) is 31.9 Å². The summed E-state index contributed by atoms with van der Waals surface area (Å²) in [6.45, 7) is 2.05. The average Bonchev–Trinajstić information content (AvgIpc) is 2.29. The van der Waals surface area contributed by atoms with Gasteiger partial charge in [-0.3, -0.25) is 0 Å². The van der Waals surface area contributed by atoms with Gasteiger partial charge >= 0.3 is 0 Å². The van der Waals surface area contributed by atoms with Gasteiger partial charge in [0.15, 0.2) is 0 Å². The van der Waals surface area contributed by atoms with Gasteiger partial charge in [-0.15, -0.1) is 0 Å². The minimum Gasteiger partial charge on any atom is -0.508 e. The third-order valence-electron chi connectivity index (χ3n) is 2.68. The second-order valence-electron chi connectivity index (χ2n) is 4.15. The van der Waals surface area contributed by atoms with E-state index >= 15 is 0 Å². The van der Waals surface area contributed by atoms with Gasteiger partial charge in [0, 0.05) is 6.42 Å². The summed E-state index contributed by atoms with van der Waals surface area (Å²) in [6.07, 6.45) is 1.61. The molecule has 0 saturated heterocycles. The topological polar surface area (TPSA) is 60.7 Å². The first-order chi connectivity index (χ1) is 7.63. The van der Waals surface area contributed by atoms with E-state index in [9.17, 15) is 10.2 Å². The van der Waals surface area contributed by atoms with Crippen molar-refractivity contribution >= 4 is 0 Å². The van der Waals surface area contributed by atoms with Crippen molar-refractivity contribution in [3.8, 4) is 5.75 Å². The van der Waals surface area contributed by atoms with Crippen LogP contribution >= 0.6 is 0 Å². The largest absolute Gasteiger partial charge is 0.508 e. The lowest BCUT2D eigenvalue weighted by Gasteiger charge is -2.17. The zero-order valence-electron chi connectivity index (χ0n) is 9.63. The van der Waals surface area contributed by atoms with Crippen molar-refractivity contribution in [2.24, 2.45) is 0 Å². The minimum atomic E-state index is -0.726. The number of rotatable bonds is 6. The highest BCUT2D eigenvalue weighted by Gasteiger charge is 2.15. The van der Waals surface area contributed by atoms with E-state index in [1.54, 1.807) is 24.3 Å². The number of aromatic hydroxyl groups is 1. The van der Waals surface area contributed by atoms with Gasteiger partial charge in [0.1, 0.15) is 5.75 Å². The van der Waals surface area contributed by atoms with Crippen molar-refractivity contribution < 1.29 is 15.3 Å². The van der Waals surface area contributed by atoms with Crippen LogP contribution in [0, 0.1) is 0 Å². The summed E-state index contributed by atoms with van der Waals surface area (Å²) in [4.78, 5) is 0. The van der Waals surface area contributed by atoms with E-state index in [0.29, 0.717) is 12.8 Å². The monoisotopic (exact) mass is 224 g/mol. The fourth-order valence-corrected chi connectivity index (χ4v) is 1.62. The lowest BCUT2D eigenvalue weighted by atomic mass is 10.0. The van der Waals surface area contributed by atoms with E-state index in [1.807, 2.05) is 0 Å². The molecule has 3 nitrogen and oxygen atoms in total. The lowest BCUT2D eigenvalue weighted by molar-refractivity contribution is 0.0140. The molecule has 3 heteroatoms. The molecular formula is C13H20O3. The Balaban J connectivity index is 2.43. The van der Waals surface area contributed by atoms with Crippen LogP contribution in [0.2, 0.25) is 0 Å². The van der Waals surface area contributed by atoms with Crippen LogP contribution < -0.4 is 0 Å². The molecule has 0 fully saturated rings. The summed E-state index contributed by atoms with van der Waals surface area (Å²) in [5.41, 5.74) is 0.917. The first kappa shape index (κ1) is 13.0. The second kappa shape index (κ2) is 6.51. The summed E-state index contributed by atoms with van der Waals surface area (Å²) >= 11 is 0. The molecule has 2 atom stereocenters. The third-order valence-corrected chi connectivity index (χ3v) is 2.68. The predicted molar refractivity (Wildman–Crippen MR) is 63.3 cm³/mol. The van der Waals surface area contributed by atoms with Gasteiger partial charge in [0.05, 0.1) is 12.2 Å². The van der Waals surface area contributed by atoms with Gasteiger partial charge in [0.2, 0.25) is 0 Å².